The van der Waals surface area contributed by atoms with Crippen molar-refractivity contribution in [1.82, 2.24) is 24.7 Å². The van der Waals surface area contributed by atoms with Gasteiger partial charge < -0.3 is 0 Å². The van der Waals surface area contributed by atoms with E-state index in [9.17, 15) is 17.2 Å². The third kappa shape index (κ3) is 3.12. The number of aryl methyl sites for hydroxylation is 2. The molecule has 4 rings (SSSR count). The molecule has 0 saturated heterocycles. The van der Waals surface area contributed by atoms with Gasteiger partial charge in [0.25, 0.3) is 0 Å². The van der Waals surface area contributed by atoms with Crippen molar-refractivity contribution in [2.75, 3.05) is 0 Å². The number of hydrogen-bond donors (Lipinski definition) is 2. The topological polar surface area (TPSA) is 92.7 Å². The average molecular weight is 407 g/mol. The third-order valence-corrected chi connectivity index (χ3v) is 6.68. The van der Waals surface area contributed by atoms with Crippen molar-refractivity contribution >= 4 is 10.0 Å². The Balaban J connectivity index is 1.70. The highest BCUT2D eigenvalue weighted by Gasteiger charge is 2.31. The van der Waals surface area contributed by atoms with Crippen LogP contribution in [0.5, 0.6) is 0 Å². The smallest absolute Gasteiger partial charge is 0.244 e. The second-order valence-corrected chi connectivity index (χ2v) is 8.53. The Bertz CT molecular complexity index is 1130. The van der Waals surface area contributed by atoms with Crippen LogP contribution in [-0.2, 0) is 16.4 Å². The van der Waals surface area contributed by atoms with Gasteiger partial charge in [0.05, 0.1) is 23.6 Å². The summed E-state index contributed by atoms with van der Waals surface area (Å²) in [6, 6.07) is 2.81. The number of aromatic nitrogens is 4. The summed E-state index contributed by atoms with van der Waals surface area (Å²) in [4.78, 5) is 0.136. The summed E-state index contributed by atoms with van der Waals surface area (Å²) in [6.45, 7) is 3.27. The molecular weight excluding hydrogens is 388 g/mol. The van der Waals surface area contributed by atoms with Crippen molar-refractivity contribution in [3.8, 4) is 5.69 Å². The highest BCUT2D eigenvalue weighted by molar-refractivity contribution is 7.89. The molecule has 0 amide bonds. The Labute approximate surface area is 160 Å². The minimum absolute atomic E-state index is 0.132. The van der Waals surface area contributed by atoms with Crippen LogP contribution in [0, 0.1) is 25.5 Å². The van der Waals surface area contributed by atoms with E-state index in [1.54, 1.807) is 20.0 Å². The molecule has 2 heterocycles. The SMILES string of the molecule is Cc1n[nH]c(C)c1S(=O)(=O)N[C@H]1CCCc2c1cnn2-c1ccc(F)cc1F. The summed E-state index contributed by atoms with van der Waals surface area (Å²) < 4.78 is 57.3. The largest absolute Gasteiger partial charge is 0.281 e. The van der Waals surface area contributed by atoms with E-state index in [1.807, 2.05) is 0 Å². The van der Waals surface area contributed by atoms with E-state index in [4.69, 9.17) is 0 Å². The van der Waals surface area contributed by atoms with Crippen LogP contribution < -0.4 is 4.72 Å². The number of halogens is 2. The molecule has 1 aromatic carbocycles. The maximum atomic E-state index is 14.2. The Hall–Kier alpha value is -2.59. The number of aromatic amines is 1. The summed E-state index contributed by atoms with van der Waals surface area (Å²) >= 11 is 0. The minimum atomic E-state index is -3.79. The van der Waals surface area contributed by atoms with Crippen molar-refractivity contribution in [2.24, 2.45) is 0 Å². The molecule has 0 spiro atoms. The number of H-pyrrole nitrogens is 1. The average Bonchev–Trinajstić information content (AvgIpc) is 3.19. The summed E-state index contributed by atoms with van der Waals surface area (Å²) in [7, 11) is -3.79. The van der Waals surface area contributed by atoms with Gasteiger partial charge in [-0.05, 0) is 45.2 Å². The van der Waals surface area contributed by atoms with Crippen LogP contribution in [0.1, 0.15) is 41.5 Å². The van der Waals surface area contributed by atoms with Crippen molar-refractivity contribution < 1.29 is 17.2 Å². The van der Waals surface area contributed by atoms with Gasteiger partial charge >= 0.3 is 0 Å². The maximum absolute atomic E-state index is 14.2. The van der Waals surface area contributed by atoms with Crippen LogP contribution >= 0.6 is 0 Å². The molecule has 1 atom stereocenters. The Kier molecular flexibility index (Phi) is 4.54. The van der Waals surface area contributed by atoms with Crippen LogP contribution in [0.15, 0.2) is 29.3 Å². The summed E-state index contributed by atoms with van der Waals surface area (Å²) in [5.74, 6) is -1.39. The molecule has 10 heteroatoms. The molecule has 28 heavy (non-hydrogen) atoms. The van der Waals surface area contributed by atoms with E-state index in [2.05, 4.69) is 20.0 Å². The van der Waals surface area contributed by atoms with E-state index < -0.39 is 27.7 Å². The van der Waals surface area contributed by atoms with Crippen LogP contribution in [0.25, 0.3) is 5.69 Å². The molecule has 0 aliphatic heterocycles. The van der Waals surface area contributed by atoms with Crippen LogP contribution in [0.4, 0.5) is 8.78 Å². The first kappa shape index (κ1) is 18.8. The van der Waals surface area contributed by atoms with Gasteiger partial charge in [0.15, 0.2) is 5.82 Å². The normalized spacial score (nSPS) is 16.9. The van der Waals surface area contributed by atoms with Gasteiger partial charge in [0, 0.05) is 17.3 Å². The lowest BCUT2D eigenvalue weighted by Crippen LogP contribution is -2.31. The lowest BCUT2D eigenvalue weighted by molar-refractivity contribution is 0.499. The molecule has 0 radical (unpaired) electrons. The standard InChI is InChI=1S/C18H19F2N5O2S/c1-10-18(11(2)23-22-10)28(26,27)24-15-4-3-5-16-13(15)9-21-25(16)17-7-6-12(19)8-14(17)20/h6-9,15,24H,3-5H2,1-2H3,(H,22,23)/t15-/m0/s1. The molecular formula is C18H19F2N5O2S. The van der Waals surface area contributed by atoms with Crippen molar-refractivity contribution in [3.05, 3.63) is 58.7 Å². The second-order valence-electron chi connectivity index (χ2n) is 6.88. The first-order chi connectivity index (χ1) is 13.3. The van der Waals surface area contributed by atoms with Crippen LogP contribution in [0.3, 0.4) is 0 Å². The number of sulfonamides is 1. The number of hydrogen-bond acceptors (Lipinski definition) is 4. The molecule has 0 unspecified atom stereocenters. The zero-order valence-electron chi connectivity index (χ0n) is 15.3. The summed E-state index contributed by atoms with van der Waals surface area (Å²) in [5, 5.41) is 10.9. The predicted molar refractivity (Wildman–Crippen MR) is 97.5 cm³/mol. The van der Waals surface area contributed by atoms with E-state index in [-0.39, 0.29) is 10.6 Å². The number of benzene rings is 1. The first-order valence-electron chi connectivity index (χ1n) is 8.84. The zero-order chi connectivity index (χ0) is 20.1. The van der Waals surface area contributed by atoms with E-state index in [0.717, 1.165) is 6.07 Å². The number of fused-ring (bicyclic) bond motifs is 1. The maximum Gasteiger partial charge on any atom is 0.244 e. The molecule has 7 nitrogen and oxygen atoms in total. The fraction of sp³-hybridized carbons (Fsp3) is 0.333. The van der Waals surface area contributed by atoms with Gasteiger partial charge in [-0.2, -0.15) is 10.2 Å². The molecule has 1 aliphatic carbocycles. The van der Waals surface area contributed by atoms with Gasteiger partial charge in [-0.1, -0.05) is 0 Å². The Morgan fingerprint density at radius 3 is 2.75 bits per heavy atom. The molecule has 0 saturated carbocycles. The summed E-state index contributed by atoms with van der Waals surface area (Å²) in [6.07, 6.45) is 3.46. The van der Waals surface area contributed by atoms with Gasteiger partial charge in [-0.15, -0.1) is 0 Å². The van der Waals surface area contributed by atoms with Gasteiger partial charge in [-0.25, -0.2) is 26.6 Å². The highest BCUT2D eigenvalue weighted by Crippen LogP contribution is 2.33. The second kappa shape index (κ2) is 6.78. The lowest BCUT2D eigenvalue weighted by atomic mass is 9.94. The van der Waals surface area contributed by atoms with Gasteiger partial charge in [0.1, 0.15) is 16.4 Å². The lowest BCUT2D eigenvalue weighted by Gasteiger charge is -2.24. The Morgan fingerprint density at radius 2 is 2.07 bits per heavy atom. The van der Waals surface area contributed by atoms with E-state index in [1.165, 1.54) is 16.8 Å². The molecule has 148 valence electrons. The molecule has 1 aliphatic rings. The van der Waals surface area contributed by atoms with E-state index in [0.29, 0.717) is 41.9 Å². The van der Waals surface area contributed by atoms with Crippen molar-refractivity contribution in [2.45, 2.75) is 44.0 Å². The first-order valence-corrected chi connectivity index (χ1v) is 10.3. The van der Waals surface area contributed by atoms with E-state index >= 15 is 0 Å². The van der Waals surface area contributed by atoms with Crippen LogP contribution in [0.2, 0.25) is 0 Å². The quantitative estimate of drug-likeness (QED) is 0.696. The predicted octanol–water partition coefficient (Wildman–Crippen LogP) is 2.85. The number of rotatable bonds is 4. The summed E-state index contributed by atoms with van der Waals surface area (Å²) in [5.41, 5.74) is 2.39. The van der Waals surface area contributed by atoms with Crippen molar-refractivity contribution in [1.29, 1.82) is 0 Å². The van der Waals surface area contributed by atoms with Crippen molar-refractivity contribution in [3.63, 3.8) is 0 Å². The molecule has 0 fully saturated rings. The molecule has 3 aromatic rings. The molecule has 2 aromatic heterocycles. The van der Waals surface area contributed by atoms with Gasteiger partial charge in [-0.3, -0.25) is 5.10 Å². The van der Waals surface area contributed by atoms with Crippen LogP contribution in [-0.4, -0.2) is 28.4 Å². The molecule has 2 N–H and O–H groups in total. The fourth-order valence-corrected chi connectivity index (χ4v) is 5.34. The third-order valence-electron chi connectivity index (χ3n) is 4.95. The number of nitrogens with zero attached hydrogens (tertiary/aromatic N) is 3. The minimum Gasteiger partial charge on any atom is -0.281 e. The van der Waals surface area contributed by atoms with Gasteiger partial charge in [0.2, 0.25) is 10.0 Å². The Morgan fingerprint density at radius 1 is 1.29 bits per heavy atom. The highest BCUT2D eigenvalue weighted by atomic mass is 32.2. The zero-order valence-corrected chi connectivity index (χ0v) is 16.1. The molecule has 0 bridgehead atoms. The monoisotopic (exact) mass is 407 g/mol. The number of nitrogens with one attached hydrogen (secondary N) is 2. The fourth-order valence-electron chi connectivity index (χ4n) is 3.72.